The van der Waals surface area contributed by atoms with Crippen LogP contribution in [-0.4, -0.2) is 39.6 Å². The monoisotopic (exact) mass is 429 g/mol. The zero-order chi connectivity index (χ0) is 22.0. The van der Waals surface area contributed by atoms with E-state index in [4.69, 9.17) is 24.7 Å². The van der Waals surface area contributed by atoms with Crippen molar-refractivity contribution in [2.75, 3.05) is 45.4 Å². The van der Waals surface area contributed by atoms with E-state index in [0.29, 0.717) is 51.1 Å². The van der Waals surface area contributed by atoms with Gasteiger partial charge in [0.1, 0.15) is 24.7 Å². The maximum absolute atomic E-state index is 5.82. The number of para-hydroxylation sites is 2. The molecule has 2 rings (SSSR count). The fourth-order valence-corrected chi connectivity index (χ4v) is 3.22. The molecule has 0 aromatic heterocycles. The number of nitrogens with two attached hydrogens (primary N) is 1. The summed E-state index contributed by atoms with van der Waals surface area (Å²) in [5, 5.41) is 0. The highest BCUT2D eigenvalue weighted by Crippen LogP contribution is 2.19. The van der Waals surface area contributed by atoms with Crippen LogP contribution < -0.4 is 15.2 Å². The van der Waals surface area contributed by atoms with Gasteiger partial charge >= 0.3 is 0 Å². The lowest BCUT2D eigenvalue weighted by molar-refractivity contribution is 0.0274. The van der Waals surface area contributed by atoms with Crippen molar-refractivity contribution in [1.29, 1.82) is 0 Å². The van der Waals surface area contributed by atoms with Crippen LogP contribution in [0, 0.1) is 0 Å². The number of aryl methyl sites for hydroxylation is 1. The molecule has 0 unspecified atom stereocenters. The molecule has 2 aromatic rings. The molecule has 0 saturated carbocycles. The number of benzene rings is 2. The second-order valence-corrected chi connectivity index (χ2v) is 7.62. The van der Waals surface area contributed by atoms with Crippen molar-refractivity contribution >= 4 is 5.69 Å². The van der Waals surface area contributed by atoms with Gasteiger partial charge in [-0.05, 0) is 42.7 Å². The fraction of sp³-hybridized carbons (Fsp3) is 0.538. The Hall–Kier alpha value is -2.24. The topological polar surface area (TPSA) is 62.9 Å². The van der Waals surface area contributed by atoms with Crippen LogP contribution in [0.3, 0.4) is 0 Å². The molecule has 0 saturated heterocycles. The SMILES string of the molecule is CCCCCCCCc1ccc(OCCOCCOCCOc2ccccc2N)cc1. The fourth-order valence-electron chi connectivity index (χ4n) is 3.22. The van der Waals surface area contributed by atoms with E-state index in [1.165, 1.54) is 44.1 Å². The predicted octanol–water partition coefficient (Wildman–Crippen LogP) is 5.66. The molecular formula is C26H39NO4. The number of nitrogen functional groups attached to an aromatic ring is 1. The summed E-state index contributed by atoms with van der Waals surface area (Å²) in [6.45, 7) is 5.36. The Bertz CT molecular complexity index is 690. The van der Waals surface area contributed by atoms with E-state index in [1.54, 1.807) is 0 Å². The second-order valence-electron chi connectivity index (χ2n) is 7.62. The first-order chi connectivity index (χ1) is 15.3. The van der Waals surface area contributed by atoms with Crippen LogP contribution in [0.25, 0.3) is 0 Å². The van der Waals surface area contributed by atoms with Crippen LogP contribution >= 0.6 is 0 Å². The van der Waals surface area contributed by atoms with Gasteiger partial charge in [-0.1, -0.05) is 63.3 Å². The molecule has 0 aliphatic carbocycles. The van der Waals surface area contributed by atoms with Gasteiger partial charge in [0.15, 0.2) is 0 Å². The molecule has 2 N–H and O–H groups in total. The van der Waals surface area contributed by atoms with Gasteiger partial charge in [0.2, 0.25) is 0 Å². The summed E-state index contributed by atoms with van der Waals surface area (Å²) in [4.78, 5) is 0. The summed E-state index contributed by atoms with van der Waals surface area (Å²) in [6, 6.07) is 15.9. The number of unbranched alkanes of at least 4 members (excludes halogenated alkanes) is 5. The van der Waals surface area contributed by atoms with Crippen molar-refractivity contribution in [2.45, 2.75) is 51.9 Å². The Labute approximate surface area is 187 Å². The highest BCUT2D eigenvalue weighted by molar-refractivity contribution is 5.51. The Morgan fingerprint density at radius 3 is 1.97 bits per heavy atom. The Balaban J connectivity index is 1.41. The maximum atomic E-state index is 5.82. The minimum Gasteiger partial charge on any atom is -0.491 e. The molecule has 5 heteroatoms. The average Bonchev–Trinajstić information content (AvgIpc) is 2.79. The Morgan fingerprint density at radius 1 is 0.645 bits per heavy atom. The summed E-state index contributed by atoms with van der Waals surface area (Å²) in [5.74, 6) is 1.58. The minimum absolute atomic E-state index is 0.464. The van der Waals surface area contributed by atoms with Crippen molar-refractivity contribution in [3.8, 4) is 11.5 Å². The summed E-state index contributed by atoms with van der Waals surface area (Å²) in [5.41, 5.74) is 7.84. The third-order valence-electron chi connectivity index (χ3n) is 5.02. The first-order valence-electron chi connectivity index (χ1n) is 11.6. The van der Waals surface area contributed by atoms with Gasteiger partial charge in [0, 0.05) is 0 Å². The molecule has 0 aliphatic rings. The van der Waals surface area contributed by atoms with Crippen LogP contribution in [0.4, 0.5) is 5.69 Å². The van der Waals surface area contributed by atoms with E-state index < -0.39 is 0 Å². The molecule has 0 radical (unpaired) electrons. The normalized spacial score (nSPS) is 10.9. The van der Waals surface area contributed by atoms with Crippen molar-refractivity contribution in [3.63, 3.8) is 0 Å². The Kier molecular flexibility index (Phi) is 13.3. The van der Waals surface area contributed by atoms with Crippen molar-refractivity contribution in [2.24, 2.45) is 0 Å². The third-order valence-corrected chi connectivity index (χ3v) is 5.02. The number of ether oxygens (including phenoxy) is 4. The van der Waals surface area contributed by atoms with Crippen molar-refractivity contribution in [1.82, 2.24) is 0 Å². The summed E-state index contributed by atoms with van der Waals surface area (Å²) >= 11 is 0. The van der Waals surface area contributed by atoms with Crippen LogP contribution in [-0.2, 0) is 15.9 Å². The van der Waals surface area contributed by atoms with Crippen molar-refractivity contribution in [3.05, 3.63) is 54.1 Å². The van der Waals surface area contributed by atoms with E-state index in [0.717, 1.165) is 12.2 Å². The zero-order valence-corrected chi connectivity index (χ0v) is 19.0. The third kappa shape index (κ3) is 11.7. The Morgan fingerprint density at radius 2 is 1.26 bits per heavy atom. The van der Waals surface area contributed by atoms with E-state index in [9.17, 15) is 0 Å². The standard InChI is InChI=1S/C26H39NO4/c1-2-3-4-5-6-7-10-23-13-15-24(16-14-23)30-21-19-28-17-18-29-20-22-31-26-12-9-8-11-25(26)27/h8-9,11-16H,2-7,10,17-22,27H2,1H3. The van der Waals surface area contributed by atoms with Gasteiger partial charge in [0.25, 0.3) is 0 Å². The lowest BCUT2D eigenvalue weighted by Crippen LogP contribution is -2.13. The number of hydrogen-bond acceptors (Lipinski definition) is 5. The quantitative estimate of drug-likeness (QED) is 0.245. The lowest BCUT2D eigenvalue weighted by atomic mass is 10.0. The number of rotatable bonds is 18. The molecule has 5 nitrogen and oxygen atoms in total. The second kappa shape index (κ2) is 16.5. The average molecular weight is 430 g/mol. The van der Waals surface area contributed by atoms with Gasteiger partial charge in [-0.25, -0.2) is 0 Å². The molecule has 0 bridgehead atoms. The summed E-state index contributed by atoms with van der Waals surface area (Å²) in [6.07, 6.45) is 9.15. The molecule has 0 heterocycles. The van der Waals surface area contributed by atoms with Gasteiger partial charge in [-0.15, -0.1) is 0 Å². The number of anilines is 1. The van der Waals surface area contributed by atoms with Crippen molar-refractivity contribution < 1.29 is 18.9 Å². The van der Waals surface area contributed by atoms with E-state index in [-0.39, 0.29) is 0 Å². The molecule has 0 spiro atoms. The van der Waals surface area contributed by atoms with Gasteiger partial charge < -0.3 is 24.7 Å². The largest absolute Gasteiger partial charge is 0.491 e. The molecule has 0 fully saturated rings. The molecule has 31 heavy (non-hydrogen) atoms. The molecule has 0 amide bonds. The highest BCUT2D eigenvalue weighted by atomic mass is 16.6. The van der Waals surface area contributed by atoms with Crippen LogP contribution in [0.15, 0.2) is 48.5 Å². The zero-order valence-electron chi connectivity index (χ0n) is 19.0. The molecule has 0 aliphatic heterocycles. The summed E-state index contributed by atoms with van der Waals surface area (Å²) in [7, 11) is 0. The molecule has 0 atom stereocenters. The van der Waals surface area contributed by atoms with Crippen LogP contribution in [0.5, 0.6) is 11.5 Å². The van der Waals surface area contributed by atoms with E-state index in [1.807, 2.05) is 24.3 Å². The predicted molar refractivity (Wildman–Crippen MR) is 127 cm³/mol. The molecule has 172 valence electrons. The van der Waals surface area contributed by atoms with Crippen LogP contribution in [0.2, 0.25) is 0 Å². The summed E-state index contributed by atoms with van der Waals surface area (Å²) < 4.78 is 22.4. The first-order valence-corrected chi connectivity index (χ1v) is 11.6. The number of hydrogen-bond donors (Lipinski definition) is 1. The molecule has 2 aromatic carbocycles. The minimum atomic E-state index is 0.464. The van der Waals surface area contributed by atoms with Crippen LogP contribution in [0.1, 0.15) is 51.0 Å². The van der Waals surface area contributed by atoms with Gasteiger partial charge in [-0.2, -0.15) is 0 Å². The maximum Gasteiger partial charge on any atom is 0.142 e. The molecular weight excluding hydrogens is 390 g/mol. The highest BCUT2D eigenvalue weighted by Gasteiger charge is 1.99. The van der Waals surface area contributed by atoms with E-state index in [2.05, 4.69) is 31.2 Å². The van der Waals surface area contributed by atoms with E-state index >= 15 is 0 Å². The lowest BCUT2D eigenvalue weighted by Gasteiger charge is -2.10. The smallest absolute Gasteiger partial charge is 0.142 e. The first kappa shape index (κ1) is 25.0. The van der Waals surface area contributed by atoms with Gasteiger partial charge in [0.05, 0.1) is 32.1 Å². The van der Waals surface area contributed by atoms with Gasteiger partial charge in [-0.3, -0.25) is 0 Å².